The second-order valence-corrected chi connectivity index (χ2v) is 15.4. The first-order valence-corrected chi connectivity index (χ1v) is 13.8. The molecule has 0 radical (unpaired) electrons. The highest BCUT2D eigenvalue weighted by Gasteiger charge is 2.70. The van der Waals surface area contributed by atoms with Crippen LogP contribution >= 0.6 is 0 Å². The molecule has 0 aromatic carbocycles. The normalized spacial score (nSPS) is 57.1. The van der Waals surface area contributed by atoms with Crippen molar-refractivity contribution in [1.82, 2.24) is 0 Å². The van der Waals surface area contributed by atoms with Gasteiger partial charge in [0.2, 0.25) is 0 Å². The number of fused-ring (bicyclic) bond motifs is 7. The average molecular weight is 459 g/mol. The van der Waals surface area contributed by atoms with Crippen LogP contribution in [0.4, 0.5) is 0 Å². The van der Waals surface area contributed by atoms with E-state index in [9.17, 15) is 15.3 Å². The van der Waals surface area contributed by atoms with Crippen LogP contribution in [0.3, 0.4) is 0 Å². The van der Waals surface area contributed by atoms with E-state index < -0.39 is 6.10 Å². The van der Waals surface area contributed by atoms with Crippen LogP contribution in [0.2, 0.25) is 0 Å². The van der Waals surface area contributed by atoms with Gasteiger partial charge < -0.3 is 15.3 Å². The summed E-state index contributed by atoms with van der Waals surface area (Å²) in [4.78, 5) is 0. The lowest BCUT2D eigenvalue weighted by Crippen LogP contribution is -2.67. The number of allylic oxidation sites excluding steroid dienone is 1. The van der Waals surface area contributed by atoms with E-state index in [-0.39, 0.29) is 50.6 Å². The van der Waals surface area contributed by atoms with Crippen molar-refractivity contribution in [2.45, 2.75) is 125 Å². The Kier molecular flexibility index (Phi) is 5.07. The smallest absolute Gasteiger partial charge is 0.0762 e. The fourth-order valence-electron chi connectivity index (χ4n) is 10.7. The molecule has 0 amide bonds. The molecular formula is C30H50O3. The van der Waals surface area contributed by atoms with Crippen molar-refractivity contribution in [3.05, 3.63) is 11.6 Å². The molecule has 0 unspecified atom stereocenters. The van der Waals surface area contributed by atoms with Crippen molar-refractivity contribution in [2.75, 3.05) is 0 Å². The van der Waals surface area contributed by atoms with Gasteiger partial charge in [-0.25, -0.2) is 0 Å². The zero-order valence-electron chi connectivity index (χ0n) is 22.5. The Hall–Kier alpha value is -0.380. The van der Waals surface area contributed by atoms with Crippen LogP contribution in [0, 0.1) is 50.2 Å². The van der Waals surface area contributed by atoms with Crippen LogP contribution in [0.5, 0.6) is 0 Å². The van der Waals surface area contributed by atoms with E-state index in [2.05, 4.69) is 61.5 Å². The van der Waals surface area contributed by atoms with Gasteiger partial charge in [0, 0.05) is 5.92 Å². The molecule has 33 heavy (non-hydrogen) atoms. The Bertz CT molecular complexity index is 859. The number of hydrogen-bond donors (Lipinski definition) is 3. The quantitative estimate of drug-likeness (QED) is 0.384. The molecule has 3 N–H and O–H groups in total. The molecule has 3 heteroatoms. The third kappa shape index (κ3) is 2.91. The molecule has 0 aliphatic heterocycles. The second-order valence-electron chi connectivity index (χ2n) is 15.4. The Morgan fingerprint density at radius 1 is 0.758 bits per heavy atom. The molecule has 5 aliphatic rings. The van der Waals surface area contributed by atoms with Gasteiger partial charge in [-0.3, -0.25) is 0 Å². The summed E-state index contributed by atoms with van der Waals surface area (Å²) in [7, 11) is 0. The van der Waals surface area contributed by atoms with E-state index in [1.165, 1.54) is 12.0 Å². The molecule has 3 nitrogen and oxygen atoms in total. The fourth-order valence-corrected chi connectivity index (χ4v) is 10.7. The van der Waals surface area contributed by atoms with E-state index in [0.29, 0.717) is 11.8 Å². The standard InChI is InChI=1S/C30H50O3/c1-25(2)16-19-18-15-20(31)24-28(6)11-10-22(32)26(3,4)21(28)9-12-30(24,8)29(18,7)14-13-27(19,5)17-23(25)33/h15,19-24,31-33H,9-14,16-17H2,1-8H3/t19-,20+,21-,22-,23+,24+,27-,28-,29+,30+/m0/s1. The van der Waals surface area contributed by atoms with Gasteiger partial charge in [0.15, 0.2) is 0 Å². The van der Waals surface area contributed by atoms with E-state index in [1.807, 2.05) is 0 Å². The summed E-state index contributed by atoms with van der Waals surface area (Å²) in [5, 5.41) is 33.8. The molecule has 10 atom stereocenters. The maximum absolute atomic E-state index is 11.9. The number of aliphatic hydroxyl groups excluding tert-OH is 3. The summed E-state index contributed by atoms with van der Waals surface area (Å²) < 4.78 is 0. The predicted molar refractivity (Wildman–Crippen MR) is 133 cm³/mol. The first kappa shape index (κ1) is 24.3. The van der Waals surface area contributed by atoms with Crippen molar-refractivity contribution >= 4 is 0 Å². The first-order valence-electron chi connectivity index (χ1n) is 13.8. The van der Waals surface area contributed by atoms with Crippen LogP contribution < -0.4 is 0 Å². The molecular weight excluding hydrogens is 408 g/mol. The summed E-state index contributed by atoms with van der Waals surface area (Å²) in [6.07, 6.45) is 9.76. The minimum absolute atomic E-state index is 0.0446. The maximum atomic E-state index is 11.9. The van der Waals surface area contributed by atoms with Crippen molar-refractivity contribution in [1.29, 1.82) is 0 Å². The molecule has 5 rings (SSSR count). The van der Waals surface area contributed by atoms with Gasteiger partial charge in [0.05, 0.1) is 18.3 Å². The van der Waals surface area contributed by atoms with E-state index in [4.69, 9.17) is 0 Å². The third-order valence-electron chi connectivity index (χ3n) is 13.2. The minimum Gasteiger partial charge on any atom is -0.393 e. The van der Waals surface area contributed by atoms with Crippen LogP contribution in [-0.4, -0.2) is 33.6 Å². The first-order chi connectivity index (χ1) is 15.0. The number of aliphatic hydroxyl groups is 3. The zero-order valence-corrected chi connectivity index (χ0v) is 22.5. The molecule has 5 aliphatic carbocycles. The van der Waals surface area contributed by atoms with Gasteiger partial charge in [-0.2, -0.15) is 0 Å². The van der Waals surface area contributed by atoms with E-state index >= 15 is 0 Å². The Morgan fingerprint density at radius 2 is 1.42 bits per heavy atom. The Balaban J connectivity index is 1.62. The zero-order chi connectivity index (χ0) is 24.4. The molecule has 0 saturated heterocycles. The van der Waals surface area contributed by atoms with Gasteiger partial charge in [-0.1, -0.05) is 67.0 Å². The van der Waals surface area contributed by atoms with Crippen LogP contribution in [0.1, 0.15) is 107 Å². The van der Waals surface area contributed by atoms with Crippen molar-refractivity contribution in [2.24, 2.45) is 50.2 Å². The monoisotopic (exact) mass is 458 g/mol. The fraction of sp³-hybridized carbons (Fsp3) is 0.933. The molecule has 188 valence electrons. The van der Waals surface area contributed by atoms with Gasteiger partial charge in [0.25, 0.3) is 0 Å². The van der Waals surface area contributed by atoms with Crippen molar-refractivity contribution in [3.8, 4) is 0 Å². The lowest BCUT2D eigenvalue weighted by molar-refractivity contribution is -0.226. The molecule has 0 bridgehead atoms. The highest BCUT2D eigenvalue weighted by Crippen LogP contribution is 2.75. The minimum atomic E-state index is -0.422. The lowest BCUT2D eigenvalue weighted by Gasteiger charge is -2.72. The number of hydrogen-bond acceptors (Lipinski definition) is 3. The highest BCUT2D eigenvalue weighted by molar-refractivity contribution is 5.35. The molecule has 0 spiro atoms. The molecule has 4 saturated carbocycles. The van der Waals surface area contributed by atoms with Gasteiger partial charge in [-0.15, -0.1) is 0 Å². The van der Waals surface area contributed by atoms with E-state index in [0.717, 1.165) is 44.9 Å². The van der Waals surface area contributed by atoms with Crippen LogP contribution in [0.15, 0.2) is 11.6 Å². The number of rotatable bonds is 0. The van der Waals surface area contributed by atoms with Crippen LogP contribution in [0.25, 0.3) is 0 Å². The highest BCUT2D eigenvalue weighted by atomic mass is 16.3. The molecule has 4 fully saturated rings. The summed E-state index contributed by atoms with van der Waals surface area (Å²) in [6.45, 7) is 18.9. The van der Waals surface area contributed by atoms with E-state index in [1.54, 1.807) is 0 Å². The second kappa shape index (κ2) is 6.88. The van der Waals surface area contributed by atoms with Crippen molar-refractivity contribution in [3.63, 3.8) is 0 Å². The third-order valence-corrected chi connectivity index (χ3v) is 13.2. The summed E-state index contributed by atoms with van der Waals surface area (Å²) in [5.74, 6) is 1.12. The van der Waals surface area contributed by atoms with Gasteiger partial charge in [-0.05, 0) is 95.7 Å². The largest absolute Gasteiger partial charge is 0.393 e. The predicted octanol–water partition coefficient (Wildman–Crippen LogP) is 6.11. The van der Waals surface area contributed by atoms with Crippen molar-refractivity contribution < 1.29 is 15.3 Å². The molecule has 0 aromatic heterocycles. The summed E-state index contributed by atoms with van der Waals surface area (Å²) in [5.41, 5.74) is 1.64. The Labute approximate surface area is 202 Å². The molecule has 0 heterocycles. The molecule has 0 aromatic rings. The maximum Gasteiger partial charge on any atom is 0.0762 e. The van der Waals surface area contributed by atoms with Gasteiger partial charge >= 0.3 is 0 Å². The average Bonchev–Trinajstić information content (AvgIpc) is 2.69. The SMILES string of the molecule is CC1(C)C[C@H]2C3=C[C@@H](O)[C@@H]4[C@@]5(C)CC[C@H](O)C(C)(C)[C@@H]5CC[C@@]4(C)[C@]3(C)CC[C@@]2(C)C[C@H]1O. The topological polar surface area (TPSA) is 60.7 Å². The van der Waals surface area contributed by atoms with Gasteiger partial charge in [0.1, 0.15) is 0 Å². The Morgan fingerprint density at radius 3 is 2.09 bits per heavy atom. The lowest BCUT2D eigenvalue weighted by atomic mass is 9.33. The summed E-state index contributed by atoms with van der Waals surface area (Å²) >= 11 is 0. The van der Waals surface area contributed by atoms with Crippen LogP contribution in [-0.2, 0) is 0 Å². The summed E-state index contributed by atoms with van der Waals surface area (Å²) in [6, 6.07) is 0.